The van der Waals surface area contributed by atoms with E-state index in [4.69, 9.17) is 9.97 Å². The van der Waals surface area contributed by atoms with Crippen LogP contribution < -0.4 is 20.4 Å². The van der Waals surface area contributed by atoms with Gasteiger partial charge in [-0.05, 0) is 53.4 Å². The molecule has 6 aromatic rings. The van der Waals surface area contributed by atoms with Gasteiger partial charge in [0.15, 0.2) is 0 Å². The maximum atomic E-state index is 14.3. The van der Waals surface area contributed by atoms with E-state index in [2.05, 4.69) is 70.2 Å². The van der Waals surface area contributed by atoms with Gasteiger partial charge >= 0.3 is 6.03 Å². The van der Waals surface area contributed by atoms with Crippen molar-refractivity contribution in [2.45, 2.75) is 32.4 Å². The topological polar surface area (TPSA) is 126 Å². The summed E-state index contributed by atoms with van der Waals surface area (Å²) < 4.78 is 36.7. The van der Waals surface area contributed by atoms with Crippen molar-refractivity contribution in [3.63, 3.8) is 0 Å². The minimum atomic E-state index is -1.01. The lowest BCUT2D eigenvalue weighted by Crippen LogP contribution is -2.52. The summed E-state index contributed by atoms with van der Waals surface area (Å²) in [7, 11) is 0. The summed E-state index contributed by atoms with van der Waals surface area (Å²) in [5, 5.41) is 8.00. The van der Waals surface area contributed by atoms with Gasteiger partial charge in [0, 0.05) is 121 Å². The lowest BCUT2D eigenvalue weighted by Gasteiger charge is -2.35. The fraction of sp³-hybridized carbons (Fsp3) is 0.362. The zero-order chi connectivity index (χ0) is 44.3. The van der Waals surface area contributed by atoms with E-state index in [0.717, 1.165) is 79.6 Å². The third kappa shape index (κ3) is 12.2. The highest BCUT2D eigenvalue weighted by atomic mass is 32.1. The second-order valence-electron chi connectivity index (χ2n) is 16.2. The standard InChI is InChI=1S/C47H53F2N11O2S2/c1-34-7-9-35(10-8-34)31-41-52-46(63-54-41)58-27-23-56(24-28-58)21-19-50-44(61)43(38-13-17-40(49)18-14-38)60(33-37-5-3-2-4-6-37)45(62)51-20-22-57-25-29-59(30-26-57)47-53-42(55-64-47)32-36-11-15-39(48)16-12-36/h2-18,43H,19-33H2,1H3,(H,50,61)(H,51,62). The molecule has 64 heavy (non-hydrogen) atoms. The molecule has 2 aliphatic heterocycles. The van der Waals surface area contributed by atoms with E-state index in [1.54, 1.807) is 29.2 Å². The quantitative estimate of drug-likeness (QED) is 0.110. The molecule has 2 aromatic heterocycles. The molecule has 0 bridgehead atoms. The maximum absolute atomic E-state index is 14.3. The van der Waals surface area contributed by atoms with Gasteiger partial charge in [0.1, 0.15) is 29.3 Å². The minimum Gasteiger partial charge on any atom is -0.353 e. The number of hydrogen-bond acceptors (Lipinski definition) is 12. The van der Waals surface area contributed by atoms with Crippen molar-refractivity contribution in [2.24, 2.45) is 0 Å². The molecule has 4 aromatic carbocycles. The number of nitrogens with zero attached hydrogens (tertiary/aromatic N) is 9. The van der Waals surface area contributed by atoms with Crippen molar-refractivity contribution in [3.8, 4) is 0 Å². The normalized spacial score (nSPS) is 15.2. The van der Waals surface area contributed by atoms with E-state index < -0.39 is 11.9 Å². The molecule has 1 unspecified atom stereocenters. The number of nitrogens with one attached hydrogen (secondary N) is 2. The van der Waals surface area contributed by atoms with Crippen molar-refractivity contribution in [3.05, 3.63) is 154 Å². The Morgan fingerprint density at radius 1 is 0.625 bits per heavy atom. The number of anilines is 2. The highest BCUT2D eigenvalue weighted by molar-refractivity contribution is 7.10. The number of hydrogen-bond donors (Lipinski definition) is 2. The lowest BCUT2D eigenvalue weighted by atomic mass is 10.0. The van der Waals surface area contributed by atoms with Crippen molar-refractivity contribution in [1.82, 2.24) is 44.0 Å². The molecule has 2 fully saturated rings. The highest BCUT2D eigenvalue weighted by Gasteiger charge is 2.32. The van der Waals surface area contributed by atoms with Crippen LogP contribution >= 0.6 is 23.1 Å². The molecular formula is C47H53F2N11O2S2. The Labute approximate surface area is 381 Å². The molecule has 0 spiro atoms. The van der Waals surface area contributed by atoms with Crippen LogP contribution in [0.5, 0.6) is 0 Å². The van der Waals surface area contributed by atoms with E-state index in [1.165, 1.54) is 58.5 Å². The Morgan fingerprint density at radius 2 is 1.11 bits per heavy atom. The van der Waals surface area contributed by atoms with Crippen LogP contribution in [0, 0.1) is 18.6 Å². The Kier molecular flexibility index (Phi) is 15.1. The number of aromatic nitrogens is 4. The van der Waals surface area contributed by atoms with Crippen molar-refractivity contribution in [2.75, 3.05) is 88.3 Å². The van der Waals surface area contributed by atoms with Gasteiger partial charge in [0.25, 0.3) is 0 Å². The van der Waals surface area contributed by atoms with Crippen LogP contribution in [0.2, 0.25) is 0 Å². The van der Waals surface area contributed by atoms with Gasteiger partial charge in [-0.3, -0.25) is 14.6 Å². The lowest BCUT2D eigenvalue weighted by molar-refractivity contribution is -0.126. The van der Waals surface area contributed by atoms with Gasteiger partial charge < -0.3 is 25.3 Å². The van der Waals surface area contributed by atoms with Crippen LogP contribution in [0.3, 0.4) is 0 Å². The van der Waals surface area contributed by atoms with Gasteiger partial charge in [-0.1, -0.05) is 84.4 Å². The van der Waals surface area contributed by atoms with E-state index in [9.17, 15) is 18.4 Å². The average molecular weight is 906 g/mol. The summed E-state index contributed by atoms with van der Waals surface area (Å²) >= 11 is 2.80. The van der Waals surface area contributed by atoms with Crippen LogP contribution in [0.15, 0.2) is 103 Å². The van der Waals surface area contributed by atoms with E-state index in [0.29, 0.717) is 50.4 Å². The van der Waals surface area contributed by atoms with Crippen molar-refractivity contribution < 1.29 is 18.4 Å². The summed E-state index contributed by atoms with van der Waals surface area (Å²) in [5.74, 6) is 0.522. The number of carbonyl (C=O) groups is 2. The van der Waals surface area contributed by atoms with Crippen LogP contribution in [-0.2, 0) is 24.2 Å². The fourth-order valence-electron chi connectivity index (χ4n) is 7.92. The molecule has 2 aliphatic rings. The summed E-state index contributed by atoms with van der Waals surface area (Å²) in [6, 6.07) is 28.8. The fourth-order valence-corrected chi connectivity index (χ4v) is 9.40. The summed E-state index contributed by atoms with van der Waals surface area (Å²) in [6.07, 6.45) is 1.25. The summed E-state index contributed by atoms with van der Waals surface area (Å²) in [6.45, 7) is 10.6. The molecular weight excluding hydrogens is 853 g/mol. The SMILES string of the molecule is Cc1ccc(Cc2nsc(N3CCN(CCNC(=O)C(c4ccc(F)cc4)N(Cc4ccccc4)C(=O)NCCN4CCN(c5nc(Cc6ccc(F)cc6)ns5)CC4)CC3)n2)cc1. The number of piperazine rings is 2. The molecule has 334 valence electrons. The van der Waals surface area contributed by atoms with Crippen LogP contribution in [0.25, 0.3) is 0 Å². The molecule has 0 aliphatic carbocycles. The molecule has 2 saturated heterocycles. The Balaban J connectivity index is 0.841. The zero-order valence-corrected chi connectivity index (χ0v) is 37.5. The number of amides is 3. The maximum Gasteiger partial charge on any atom is 0.318 e. The third-order valence-electron chi connectivity index (χ3n) is 11.6. The monoisotopic (exact) mass is 905 g/mol. The predicted octanol–water partition coefficient (Wildman–Crippen LogP) is 6.17. The van der Waals surface area contributed by atoms with Crippen LogP contribution in [0.1, 0.15) is 45.5 Å². The van der Waals surface area contributed by atoms with Crippen LogP contribution in [0.4, 0.5) is 23.8 Å². The molecule has 13 nitrogen and oxygen atoms in total. The molecule has 0 saturated carbocycles. The van der Waals surface area contributed by atoms with Gasteiger partial charge in [-0.15, -0.1) is 0 Å². The summed E-state index contributed by atoms with van der Waals surface area (Å²) in [4.78, 5) is 48.7. The van der Waals surface area contributed by atoms with Crippen molar-refractivity contribution in [1.29, 1.82) is 0 Å². The highest BCUT2D eigenvalue weighted by Crippen LogP contribution is 2.26. The first-order chi connectivity index (χ1) is 31.2. The molecule has 4 heterocycles. The first-order valence-electron chi connectivity index (χ1n) is 21.7. The smallest absolute Gasteiger partial charge is 0.318 e. The second kappa shape index (κ2) is 21.7. The molecule has 3 amide bonds. The van der Waals surface area contributed by atoms with E-state index in [1.807, 2.05) is 30.3 Å². The Bertz CT molecular complexity index is 2400. The zero-order valence-electron chi connectivity index (χ0n) is 35.9. The average Bonchev–Trinajstić information content (AvgIpc) is 3.99. The number of aryl methyl sites for hydroxylation is 1. The molecule has 1 atom stereocenters. The predicted molar refractivity (Wildman–Crippen MR) is 248 cm³/mol. The van der Waals surface area contributed by atoms with E-state index in [-0.39, 0.29) is 24.3 Å². The van der Waals surface area contributed by atoms with Gasteiger partial charge in [0.05, 0.1) is 0 Å². The van der Waals surface area contributed by atoms with Crippen LogP contribution in [-0.4, -0.2) is 124 Å². The molecule has 2 N–H and O–H groups in total. The van der Waals surface area contributed by atoms with E-state index >= 15 is 0 Å². The number of urea groups is 1. The van der Waals surface area contributed by atoms with Gasteiger partial charge in [0.2, 0.25) is 16.2 Å². The largest absolute Gasteiger partial charge is 0.353 e. The van der Waals surface area contributed by atoms with Gasteiger partial charge in [-0.25, -0.2) is 23.5 Å². The number of halogens is 2. The second-order valence-corrected chi connectivity index (χ2v) is 17.7. The molecule has 8 rings (SSSR count). The molecule has 0 radical (unpaired) electrons. The summed E-state index contributed by atoms with van der Waals surface area (Å²) in [5.41, 5.74) is 4.76. The first-order valence-corrected chi connectivity index (χ1v) is 23.3. The number of carbonyl (C=O) groups excluding carboxylic acids is 2. The number of rotatable bonds is 17. The molecule has 17 heteroatoms. The Hall–Kier alpha value is -5.88. The Morgan fingerprint density at radius 3 is 1.64 bits per heavy atom. The number of benzene rings is 4. The van der Waals surface area contributed by atoms with Gasteiger partial charge in [-0.2, -0.15) is 8.75 Å². The third-order valence-corrected chi connectivity index (χ3v) is 13.2. The first kappa shape index (κ1) is 44.7. The van der Waals surface area contributed by atoms with Crippen molar-refractivity contribution >= 4 is 45.3 Å². The minimum absolute atomic E-state index is 0.173.